The van der Waals surface area contributed by atoms with Crippen LogP contribution in [0.5, 0.6) is 0 Å². The Labute approximate surface area is 162 Å². The first-order valence-corrected chi connectivity index (χ1v) is 9.56. The summed E-state index contributed by atoms with van der Waals surface area (Å²) in [6, 6.07) is 8.96. The molecular weight excluding hydrogens is 358 g/mol. The third-order valence-electron chi connectivity index (χ3n) is 5.38. The van der Waals surface area contributed by atoms with E-state index in [1.807, 2.05) is 11.0 Å². The molecule has 0 radical (unpaired) electrons. The third-order valence-corrected chi connectivity index (χ3v) is 5.38. The number of hydrogen-bond acceptors (Lipinski definition) is 5. The number of carbonyl (C=O) groups is 2. The lowest BCUT2D eigenvalue weighted by molar-refractivity contribution is -0.123. The predicted octanol–water partition coefficient (Wildman–Crippen LogP) is 2.07. The van der Waals surface area contributed by atoms with Crippen LogP contribution in [-0.4, -0.2) is 34.9 Å². The zero-order chi connectivity index (χ0) is 19.7. The molecule has 1 saturated heterocycles. The van der Waals surface area contributed by atoms with Crippen LogP contribution in [0, 0.1) is 5.92 Å². The van der Waals surface area contributed by atoms with Gasteiger partial charge in [-0.3, -0.25) is 19.4 Å². The van der Waals surface area contributed by atoms with Gasteiger partial charge in [0.25, 0.3) is 5.56 Å². The molecule has 8 heteroatoms. The minimum atomic E-state index is -0.879. The topological polar surface area (TPSA) is 107 Å². The second-order valence-corrected chi connectivity index (χ2v) is 7.48. The predicted molar refractivity (Wildman–Crippen MR) is 107 cm³/mol. The number of piperidine rings is 1. The van der Waals surface area contributed by atoms with Gasteiger partial charge >= 0.3 is 0 Å². The van der Waals surface area contributed by atoms with E-state index < -0.39 is 11.8 Å². The molecule has 146 valence electrons. The van der Waals surface area contributed by atoms with Crippen molar-refractivity contribution in [3.05, 3.63) is 46.2 Å². The number of nitrogens with one attached hydrogen (secondary N) is 3. The fourth-order valence-corrected chi connectivity index (χ4v) is 3.70. The van der Waals surface area contributed by atoms with Gasteiger partial charge in [0.05, 0.1) is 11.5 Å². The zero-order valence-electron chi connectivity index (χ0n) is 15.7. The van der Waals surface area contributed by atoms with Crippen LogP contribution in [0.2, 0.25) is 0 Å². The van der Waals surface area contributed by atoms with Gasteiger partial charge in [-0.1, -0.05) is 25.1 Å². The summed E-state index contributed by atoms with van der Waals surface area (Å²) in [5, 5.41) is 5.43. The molecule has 1 aromatic carbocycles. The molecule has 3 heterocycles. The summed E-state index contributed by atoms with van der Waals surface area (Å²) in [5.74, 6) is -0.324. The van der Waals surface area contributed by atoms with Gasteiger partial charge < -0.3 is 15.5 Å². The third kappa shape index (κ3) is 3.62. The Hall–Kier alpha value is -3.16. The highest BCUT2D eigenvalue weighted by atomic mass is 16.2. The number of amides is 2. The maximum Gasteiger partial charge on any atom is 0.258 e. The number of benzene rings is 1. The van der Waals surface area contributed by atoms with Gasteiger partial charge in [0.1, 0.15) is 5.82 Å². The van der Waals surface area contributed by atoms with Crippen molar-refractivity contribution < 1.29 is 9.59 Å². The first-order valence-electron chi connectivity index (χ1n) is 9.56. The van der Waals surface area contributed by atoms with Crippen LogP contribution in [0.4, 0.5) is 17.5 Å². The van der Waals surface area contributed by atoms with Crippen molar-refractivity contribution in [3.8, 4) is 0 Å². The van der Waals surface area contributed by atoms with Crippen LogP contribution >= 0.6 is 0 Å². The number of H-pyrrole nitrogens is 1. The molecular formula is C20H23N5O3. The van der Waals surface area contributed by atoms with Crippen LogP contribution in [-0.2, 0) is 9.59 Å². The number of aromatic nitrogens is 2. The number of para-hydroxylation sites is 1. The smallest absolute Gasteiger partial charge is 0.258 e. The molecule has 1 unspecified atom stereocenters. The van der Waals surface area contributed by atoms with E-state index in [0.717, 1.165) is 25.9 Å². The minimum absolute atomic E-state index is 0.0863. The molecule has 1 atom stereocenters. The molecule has 0 aliphatic carbocycles. The first-order chi connectivity index (χ1) is 13.5. The van der Waals surface area contributed by atoms with Crippen molar-refractivity contribution >= 4 is 29.3 Å². The average molecular weight is 381 g/mol. The molecule has 0 bridgehead atoms. The maximum atomic E-state index is 12.8. The molecule has 3 N–H and O–H groups in total. The number of fused-ring (bicyclic) bond motifs is 1. The van der Waals surface area contributed by atoms with E-state index in [2.05, 4.69) is 27.5 Å². The number of nitrogens with zero attached hydrogens (tertiary/aromatic N) is 2. The Morgan fingerprint density at radius 3 is 2.61 bits per heavy atom. The molecule has 28 heavy (non-hydrogen) atoms. The van der Waals surface area contributed by atoms with E-state index in [9.17, 15) is 14.4 Å². The Morgan fingerprint density at radius 2 is 1.89 bits per heavy atom. The van der Waals surface area contributed by atoms with E-state index >= 15 is 0 Å². The van der Waals surface area contributed by atoms with Gasteiger partial charge in [-0.2, -0.15) is 4.98 Å². The summed E-state index contributed by atoms with van der Waals surface area (Å²) >= 11 is 0. The van der Waals surface area contributed by atoms with Crippen molar-refractivity contribution in [1.29, 1.82) is 0 Å². The van der Waals surface area contributed by atoms with Crippen molar-refractivity contribution in [2.45, 2.75) is 32.1 Å². The van der Waals surface area contributed by atoms with E-state index in [1.165, 1.54) is 0 Å². The summed E-state index contributed by atoms with van der Waals surface area (Å²) in [6.45, 7) is 3.81. The number of rotatable bonds is 3. The second-order valence-electron chi connectivity index (χ2n) is 7.48. The van der Waals surface area contributed by atoms with Gasteiger partial charge in [0, 0.05) is 25.2 Å². The SMILES string of the molecule is CC1CCN(c2nc3c(c(=O)[nH]2)C(C(=O)Nc2ccccc2)CC(=O)N3)CC1. The molecule has 1 aromatic heterocycles. The Kier molecular flexibility index (Phi) is 4.85. The lowest BCUT2D eigenvalue weighted by Gasteiger charge is -2.31. The standard InChI is InChI=1S/C20H23N5O3/c1-12-7-9-25(10-8-12)20-23-17-16(19(28)24-20)14(11-15(26)22-17)18(27)21-13-5-3-2-4-6-13/h2-6,12,14H,7-11H2,1H3,(H,21,27)(H2,22,23,24,26,28). The number of anilines is 3. The molecule has 1 fully saturated rings. The van der Waals surface area contributed by atoms with E-state index in [1.54, 1.807) is 24.3 Å². The van der Waals surface area contributed by atoms with Crippen molar-refractivity contribution in [2.24, 2.45) is 5.92 Å². The highest BCUT2D eigenvalue weighted by Crippen LogP contribution is 2.30. The highest BCUT2D eigenvalue weighted by Gasteiger charge is 2.35. The fourth-order valence-electron chi connectivity index (χ4n) is 3.70. The largest absolute Gasteiger partial charge is 0.342 e. The van der Waals surface area contributed by atoms with Crippen LogP contribution in [0.25, 0.3) is 0 Å². The molecule has 4 rings (SSSR count). The maximum absolute atomic E-state index is 12.8. The van der Waals surface area contributed by atoms with Crippen LogP contribution < -0.4 is 21.1 Å². The van der Waals surface area contributed by atoms with Gasteiger partial charge in [0.15, 0.2) is 0 Å². The van der Waals surface area contributed by atoms with E-state index in [0.29, 0.717) is 17.6 Å². The van der Waals surface area contributed by atoms with E-state index in [-0.39, 0.29) is 29.3 Å². The van der Waals surface area contributed by atoms with Gasteiger partial charge in [0.2, 0.25) is 17.8 Å². The first kappa shape index (κ1) is 18.2. The summed E-state index contributed by atoms with van der Waals surface area (Å²) < 4.78 is 0. The second kappa shape index (κ2) is 7.46. The van der Waals surface area contributed by atoms with Crippen molar-refractivity contribution in [3.63, 3.8) is 0 Å². The molecule has 8 nitrogen and oxygen atoms in total. The molecule has 2 amide bonds. The van der Waals surface area contributed by atoms with E-state index in [4.69, 9.17) is 0 Å². The number of hydrogen-bond donors (Lipinski definition) is 3. The highest BCUT2D eigenvalue weighted by molar-refractivity contribution is 6.04. The minimum Gasteiger partial charge on any atom is -0.342 e. The molecule has 2 aliphatic rings. The summed E-state index contributed by atoms with van der Waals surface area (Å²) in [7, 11) is 0. The number of aromatic amines is 1. The molecule has 0 spiro atoms. The van der Waals surface area contributed by atoms with Crippen LogP contribution in [0.15, 0.2) is 35.1 Å². The van der Waals surface area contributed by atoms with Gasteiger partial charge in [-0.05, 0) is 30.9 Å². The fraction of sp³-hybridized carbons (Fsp3) is 0.400. The van der Waals surface area contributed by atoms with Crippen molar-refractivity contribution in [1.82, 2.24) is 9.97 Å². The number of carbonyl (C=O) groups excluding carboxylic acids is 2. The quantitative estimate of drug-likeness (QED) is 0.754. The summed E-state index contributed by atoms with van der Waals surface area (Å²) in [4.78, 5) is 47.1. The molecule has 2 aliphatic heterocycles. The summed E-state index contributed by atoms with van der Waals surface area (Å²) in [6.07, 6.45) is 1.96. The zero-order valence-corrected chi connectivity index (χ0v) is 15.7. The van der Waals surface area contributed by atoms with Gasteiger partial charge in [-0.15, -0.1) is 0 Å². The lowest BCUT2D eigenvalue weighted by Crippen LogP contribution is -2.39. The van der Waals surface area contributed by atoms with Gasteiger partial charge in [-0.25, -0.2) is 0 Å². The van der Waals surface area contributed by atoms with Crippen molar-refractivity contribution in [2.75, 3.05) is 28.6 Å². The monoisotopic (exact) mass is 381 g/mol. The Bertz CT molecular complexity index is 948. The average Bonchev–Trinajstić information content (AvgIpc) is 2.68. The lowest BCUT2D eigenvalue weighted by atomic mass is 9.92. The van der Waals surface area contributed by atoms with Crippen LogP contribution in [0.1, 0.15) is 37.7 Å². The molecule has 2 aromatic rings. The normalized spacial score (nSPS) is 19.7. The Morgan fingerprint density at radius 1 is 1.18 bits per heavy atom. The Balaban J connectivity index is 1.63. The van der Waals surface area contributed by atoms with Crippen LogP contribution in [0.3, 0.4) is 0 Å². The summed E-state index contributed by atoms with van der Waals surface area (Å²) in [5.41, 5.74) is 0.442. The molecule has 0 saturated carbocycles.